The average molecular weight is 234 g/mol. The third-order valence-corrected chi connectivity index (χ3v) is 2.74. The molecule has 6 heteroatoms. The van der Waals surface area contributed by atoms with E-state index in [-0.39, 0.29) is 0 Å². The van der Waals surface area contributed by atoms with Crippen molar-refractivity contribution in [3.63, 3.8) is 0 Å². The third-order valence-electron chi connectivity index (χ3n) is 2.74. The second-order valence-corrected chi connectivity index (χ2v) is 4.04. The lowest BCUT2D eigenvalue weighted by Gasteiger charge is -2.31. The minimum atomic E-state index is -0.462. The van der Waals surface area contributed by atoms with Crippen LogP contribution in [0.3, 0.4) is 0 Å². The topological polar surface area (TPSA) is 79.5 Å². The van der Waals surface area contributed by atoms with E-state index in [1.807, 2.05) is 0 Å². The summed E-state index contributed by atoms with van der Waals surface area (Å²) < 4.78 is 0. The van der Waals surface area contributed by atoms with E-state index >= 15 is 0 Å². The van der Waals surface area contributed by atoms with Gasteiger partial charge in [-0.3, -0.25) is 9.59 Å². The molecule has 2 amide bonds. The lowest BCUT2D eigenvalue weighted by atomic mass is 10.2. The van der Waals surface area contributed by atoms with E-state index < -0.39 is 11.8 Å². The molecule has 0 atom stereocenters. The Bertz CT molecular complexity index is 443. The van der Waals surface area contributed by atoms with E-state index in [1.54, 1.807) is 25.4 Å². The monoisotopic (exact) mass is 234 g/mol. The summed E-state index contributed by atoms with van der Waals surface area (Å²) in [6.07, 6.45) is 1.62. The zero-order valence-electron chi connectivity index (χ0n) is 9.59. The number of hydrogen-bond donors (Lipinski definition) is 1. The molecule has 0 saturated carbocycles. The molecule has 6 nitrogen and oxygen atoms in total. The zero-order chi connectivity index (χ0) is 12.4. The molecule has 0 radical (unpaired) electrons. The van der Waals surface area contributed by atoms with Crippen molar-refractivity contribution in [2.24, 2.45) is 0 Å². The molecule has 0 aromatic carbocycles. The minimum Gasteiger partial charge on any atom is -0.384 e. The second kappa shape index (κ2) is 4.40. The Kier molecular flexibility index (Phi) is 2.95. The van der Waals surface area contributed by atoms with Crippen LogP contribution in [0, 0.1) is 0 Å². The molecule has 1 aromatic rings. The zero-order valence-corrected chi connectivity index (χ0v) is 9.59. The molecule has 0 bridgehead atoms. The summed E-state index contributed by atoms with van der Waals surface area (Å²) in [5.41, 5.74) is 6.34. The van der Waals surface area contributed by atoms with Crippen LogP contribution < -0.4 is 5.73 Å². The maximum Gasteiger partial charge on any atom is 0.312 e. The molecule has 17 heavy (non-hydrogen) atoms. The van der Waals surface area contributed by atoms with Crippen LogP contribution in [-0.2, 0) is 16.1 Å². The first kappa shape index (κ1) is 11.4. The highest BCUT2D eigenvalue weighted by Gasteiger charge is 2.29. The Hall–Kier alpha value is -2.11. The van der Waals surface area contributed by atoms with Gasteiger partial charge in [-0.2, -0.15) is 0 Å². The average Bonchev–Trinajstić information content (AvgIpc) is 2.33. The summed E-state index contributed by atoms with van der Waals surface area (Å²) in [6, 6.07) is 3.48. The maximum atomic E-state index is 11.7. The van der Waals surface area contributed by atoms with E-state index in [0.717, 1.165) is 5.56 Å². The van der Waals surface area contributed by atoms with Crippen molar-refractivity contribution in [2.75, 3.05) is 25.9 Å². The first-order chi connectivity index (χ1) is 8.08. The van der Waals surface area contributed by atoms with Crippen molar-refractivity contribution in [3.05, 3.63) is 23.9 Å². The van der Waals surface area contributed by atoms with Gasteiger partial charge in [-0.1, -0.05) is 6.07 Å². The smallest absolute Gasteiger partial charge is 0.312 e. The highest BCUT2D eigenvalue weighted by molar-refractivity contribution is 6.35. The van der Waals surface area contributed by atoms with Crippen LogP contribution in [0.4, 0.5) is 5.82 Å². The molecule has 2 rings (SSSR count). The Balaban J connectivity index is 2.07. The van der Waals surface area contributed by atoms with Gasteiger partial charge in [0.2, 0.25) is 0 Å². The number of nitrogens with zero attached hydrogens (tertiary/aromatic N) is 3. The number of amides is 2. The van der Waals surface area contributed by atoms with E-state index in [4.69, 9.17) is 5.73 Å². The molecule has 0 unspecified atom stereocenters. The van der Waals surface area contributed by atoms with Crippen LogP contribution in [0.25, 0.3) is 0 Å². The number of anilines is 1. The number of aromatic nitrogens is 1. The Morgan fingerprint density at radius 1 is 1.29 bits per heavy atom. The van der Waals surface area contributed by atoms with Gasteiger partial charge in [0.25, 0.3) is 0 Å². The van der Waals surface area contributed by atoms with Crippen molar-refractivity contribution in [1.82, 2.24) is 14.8 Å². The summed E-state index contributed by atoms with van der Waals surface area (Å²) >= 11 is 0. The summed E-state index contributed by atoms with van der Waals surface area (Å²) in [7, 11) is 1.63. The number of nitrogens with two attached hydrogens (primary N) is 1. The lowest BCUT2D eigenvalue weighted by molar-refractivity contribution is -0.155. The van der Waals surface area contributed by atoms with E-state index in [1.165, 1.54) is 9.80 Å². The van der Waals surface area contributed by atoms with Crippen LogP contribution in [0.5, 0.6) is 0 Å². The summed E-state index contributed by atoms with van der Waals surface area (Å²) in [6.45, 7) is 1.50. The largest absolute Gasteiger partial charge is 0.384 e. The fourth-order valence-electron chi connectivity index (χ4n) is 1.67. The highest BCUT2D eigenvalue weighted by atomic mass is 16.2. The fraction of sp³-hybridized carbons (Fsp3) is 0.364. The van der Waals surface area contributed by atoms with E-state index in [2.05, 4.69) is 4.98 Å². The molecule has 1 aromatic heterocycles. The van der Waals surface area contributed by atoms with Gasteiger partial charge in [-0.15, -0.1) is 0 Å². The Morgan fingerprint density at radius 3 is 2.71 bits per heavy atom. The molecular weight excluding hydrogens is 220 g/mol. The number of nitrogen functional groups attached to an aromatic ring is 1. The van der Waals surface area contributed by atoms with Gasteiger partial charge in [0.05, 0.1) is 0 Å². The molecule has 1 saturated heterocycles. The first-order valence-corrected chi connectivity index (χ1v) is 5.32. The van der Waals surface area contributed by atoms with Gasteiger partial charge < -0.3 is 15.5 Å². The molecule has 0 aliphatic carbocycles. The number of likely N-dealkylation sites (N-methyl/N-ethyl adjacent to an activating group) is 1. The van der Waals surface area contributed by atoms with Gasteiger partial charge in [0.1, 0.15) is 5.82 Å². The van der Waals surface area contributed by atoms with Crippen molar-refractivity contribution in [1.29, 1.82) is 0 Å². The minimum absolute atomic E-state index is 0.395. The Morgan fingerprint density at radius 2 is 2.06 bits per heavy atom. The Labute approximate surface area is 99.0 Å². The molecule has 1 aliphatic heterocycles. The van der Waals surface area contributed by atoms with E-state index in [9.17, 15) is 9.59 Å². The van der Waals surface area contributed by atoms with E-state index in [0.29, 0.717) is 25.5 Å². The summed E-state index contributed by atoms with van der Waals surface area (Å²) in [5, 5.41) is 0. The molecule has 2 N–H and O–H groups in total. The van der Waals surface area contributed by atoms with Crippen LogP contribution in [-0.4, -0.2) is 46.7 Å². The number of hydrogen-bond acceptors (Lipinski definition) is 4. The van der Waals surface area contributed by atoms with Gasteiger partial charge >= 0.3 is 11.8 Å². The molecule has 1 fully saturated rings. The molecule has 1 aliphatic rings. The second-order valence-electron chi connectivity index (χ2n) is 4.04. The molecule has 90 valence electrons. The van der Waals surface area contributed by atoms with Crippen LogP contribution >= 0.6 is 0 Å². The van der Waals surface area contributed by atoms with Crippen molar-refractivity contribution >= 4 is 17.6 Å². The fourth-order valence-corrected chi connectivity index (χ4v) is 1.67. The number of rotatable bonds is 2. The van der Waals surface area contributed by atoms with Gasteiger partial charge in [0, 0.05) is 32.9 Å². The molecule has 0 spiro atoms. The van der Waals surface area contributed by atoms with Gasteiger partial charge in [-0.25, -0.2) is 4.98 Å². The predicted molar refractivity (Wildman–Crippen MR) is 61.7 cm³/mol. The molecule has 2 heterocycles. The highest BCUT2D eigenvalue weighted by Crippen LogP contribution is 2.09. The van der Waals surface area contributed by atoms with Crippen molar-refractivity contribution in [3.8, 4) is 0 Å². The first-order valence-electron chi connectivity index (χ1n) is 5.32. The maximum absolute atomic E-state index is 11.7. The van der Waals surface area contributed by atoms with Crippen molar-refractivity contribution < 1.29 is 9.59 Å². The summed E-state index contributed by atoms with van der Waals surface area (Å²) in [5.74, 6) is -0.482. The lowest BCUT2D eigenvalue weighted by Crippen LogP contribution is -2.52. The van der Waals surface area contributed by atoms with Crippen LogP contribution in [0.2, 0.25) is 0 Å². The number of pyridine rings is 1. The quantitative estimate of drug-likeness (QED) is 0.697. The third kappa shape index (κ3) is 2.35. The number of carbonyl (C=O) groups is 2. The standard InChI is InChI=1S/C11H14N4O2/c1-14-4-5-15(11(17)10(14)16)7-8-2-3-9(12)13-6-8/h2-3,6H,4-5,7H2,1H3,(H2,12,13). The van der Waals surface area contributed by atoms with Crippen LogP contribution in [0.15, 0.2) is 18.3 Å². The van der Waals surface area contributed by atoms with Gasteiger partial charge in [-0.05, 0) is 11.6 Å². The van der Waals surface area contributed by atoms with Gasteiger partial charge in [0.15, 0.2) is 0 Å². The number of carbonyl (C=O) groups excluding carboxylic acids is 2. The van der Waals surface area contributed by atoms with Crippen LogP contribution in [0.1, 0.15) is 5.56 Å². The normalized spacial score (nSPS) is 16.5. The predicted octanol–water partition coefficient (Wildman–Crippen LogP) is -0.536. The summed E-state index contributed by atoms with van der Waals surface area (Å²) in [4.78, 5) is 30.1. The van der Waals surface area contributed by atoms with Crippen molar-refractivity contribution in [2.45, 2.75) is 6.54 Å². The SMILES string of the molecule is CN1CCN(Cc2ccc(N)nc2)C(=O)C1=O. The number of piperazine rings is 1. The molecular formula is C11H14N4O2.